The number of methoxy groups -OCH3 is 1. The van der Waals surface area contributed by atoms with Crippen LogP contribution in [0.3, 0.4) is 0 Å². The van der Waals surface area contributed by atoms with Gasteiger partial charge in [-0.15, -0.1) is 0 Å². The highest BCUT2D eigenvalue weighted by molar-refractivity contribution is 5.93. The summed E-state index contributed by atoms with van der Waals surface area (Å²) in [5, 5.41) is 25.2. The maximum atomic E-state index is 13.8. The van der Waals surface area contributed by atoms with Crippen molar-refractivity contribution >= 4 is 23.9 Å². The van der Waals surface area contributed by atoms with Gasteiger partial charge in [0.25, 0.3) is 0 Å². The standard InChI is InChI=1S/C24H37N3O8/c1-7-15(2)19(26-23(33)35-24(3,4)5)22(32)27(12-13-28)20(16-10-8-9-11-17(16)29)21(31)25-14-18(30)34-6/h8-11,15,19-20,28-29H,7,12-14H2,1-6H3,(H,25,31)(H,26,33). The molecule has 11 heteroatoms. The normalized spacial score (nSPS) is 13.7. The van der Waals surface area contributed by atoms with Gasteiger partial charge in [-0.25, -0.2) is 4.79 Å². The van der Waals surface area contributed by atoms with E-state index in [1.54, 1.807) is 39.8 Å². The Morgan fingerprint density at radius 2 is 1.77 bits per heavy atom. The van der Waals surface area contributed by atoms with Crippen molar-refractivity contribution in [2.24, 2.45) is 5.92 Å². The lowest BCUT2D eigenvalue weighted by Crippen LogP contribution is -2.56. The van der Waals surface area contributed by atoms with E-state index < -0.39 is 54.7 Å². The predicted molar refractivity (Wildman–Crippen MR) is 127 cm³/mol. The molecular weight excluding hydrogens is 458 g/mol. The predicted octanol–water partition coefficient (Wildman–Crippen LogP) is 1.48. The van der Waals surface area contributed by atoms with Gasteiger partial charge in [0.05, 0.1) is 13.7 Å². The summed E-state index contributed by atoms with van der Waals surface area (Å²) in [7, 11) is 1.16. The molecule has 4 N–H and O–H groups in total. The van der Waals surface area contributed by atoms with Crippen molar-refractivity contribution in [1.29, 1.82) is 0 Å². The highest BCUT2D eigenvalue weighted by Crippen LogP contribution is 2.30. The Balaban J connectivity index is 3.45. The van der Waals surface area contributed by atoms with Crippen LogP contribution < -0.4 is 10.6 Å². The highest BCUT2D eigenvalue weighted by Gasteiger charge is 2.38. The van der Waals surface area contributed by atoms with E-state index in [0.717, 1.165) is 12.0 Å². The van der Waals surface area contributed by atoms with Crippen molar-refractivity contribution in [2.45, 2.75) is 58.7 Å². The fraction of sp³-hybridized carbons (Fsp3) is 0.583. The lowest BCUT2D eigenvalue weighted by Gasteiger charge is -2.35. The molecule has 196 valence electrons. The number of nitrogens with zero attached hydrogens (tertiary/aromatic N) is 1. The Hall–Kier alpha value is -3.34. The van der Waals surface area contributed by atoms with E-state index in [1.165, 1.54) is 12.1 Å². The maximum Gasteiger partial charge on any atom is 0.408 e. The maximum absolute atomic E-state index is 13.8. The average Bonchev–Trinajstić information content (AvgIpc) is 2.79. The molecule has 0 saturated heterocycles. The van der Waals surface area contributed by atoms with E-state index in [2.05, 4.69) is 15.4 Å². The van der Waals surface area contributed by atoms with Crippen molar-refractivity contribution in [3.8, 4) is 5.75 Å². The second-order valence-corrected chi connectivity index (χ2v) is 9.02. The summed E-state index contributed by atoms with van der Waals surface area (Å²) in [5.41, 5.74) is -0.721. The molecular formula is C24H37N3O8. The van der Waals surface area contributed by atoms with E-state index in [-0.39, 0.29) is 23.8 Å². The first-order chi connectivity index (χ1) is 16.4. The van der Waals surface area contributed by atoms with Crippen LogP contribution >= 0.6 is 0 Å². The van der Waals surface area contributed by atoms with Gasteiger partial charge in [0.15, 0.2) is 0 Å². The Morgan fingerprint density at radius 3 is 2.29 bits per heavy atom. The first-order valence-corrected chi connectivity index (χ1v) is 11.4. The minimum absolute atomic E-state index is 0.0804. The fourth-order valence-electron chi connectivity index (χ4n) is 3.27. The van der Waals surface area contributed by atoms with Crippen LogP contribution in [-0.4, -0.2) is 77.4 Å². The molecule has 0 saturated carbocycles. The molecule has 1 aromatic carbocycles. The Bertz CT molecular complexity index is 884. The van der Waals surface area contributed by atoms with Gasteiger partial charge in [0.1, 0.15) is 30.0 Å². The van der Waals surface area contributed by atoms with Gasteiger partial charge in [0, 0.05) is 12.1 Å². The van der Waals surface area contributed by atoms with Crippen LogP contribution in [0.5, 0.6) is 5.75 Å². The molecule has 0 aliphatic carbocycles. The first kappa shape index (κ1) is 29.7. The number of carbonyl (C=O) groups is 4. The molecule has 1 rings (SSSR count). The molecule has 0 fully saturated rings. The molecule has 35 heavy (non-hydrogen) atoms. The van der Waals surface area contributed by atoms with E-state index in [0.29, 0.717) is 6.42 Å². The first-order valence-electron chi connectivity index (χ1n) is 11.4. The number of rotatable bonds is 11. The number of amides is 3. The summed E-state index contributed by atoms with van der Waals surface area (Å²) in [4.78, 5) is 52.1. The molecule has 0 radical (unpaired) electrons. The minimum Gasteiger partial charge on any atom is -0.508 e. The molecule has 0 spiro atoms. The number of ether oxygens (including phenoxy) is 2. The van der Waals surface area contributed by atoms with Gasteiger partial charge >= 0.3 is 12.1 Å². The molecule has 3 amide bonds. The third-order valence-electron chi connectivity index (χ3n) is 5.20. The number of para-hydroxylation sites is 1. The number of aliphatic hydroxyl groups excluding tert-OH is 1. The number of nitrogens with one attached hydrogen (secondary N) is 2. The number of esters is 1. The van der Waals surface area contributed by atoms with Crippen molar-refractivity contribution in [3.63, 3.8) is 0 Å². The number of alkyl carbamates (subject to hydrolysis) is 1. The third-order valence-corrected chi connectivity index (χ3v) is 5.20. The van der Waals surface area contributed by atoms with E-state index >= 15 is 0 Å². The second-order valence-electron chi connectivity index (χ2n) is 9.02. The third kappa shape index (κ3) is 9.08. The Labute approximate surface area is 205 Å². The molecule has 3 unspecified atom stereocenters. The van der Waals surface area contributed by atoms with Crippen LogP contribution in [0, 0.1) is 5.92 Å². The van der Waals surface area contributed by atoms with Crippen molar-refractivity contribution < 1.29 is 38.9 Å². The van der Waals surface area contributed by atoms with Crippen LogP contribution in [0.15, 0.2) is 24.3 Å². The van der Waals surface area contributed by atoms with Crippen LogP contribution in [0.25, 0.3) is 0 Å². The number of phenols is 1. The lowest BCUT2D eigenvalue weighted by atomic mass is 9.95. The monoisotopic (exact) mass is 495 g/mol. The van der Waals surface area contributed by atoms with E-state index in [4.69, 9.17) is 4.74 Å². The summed E-state index contributed by atoms with van der Waals surface area (Å²) in [5.74, 6) is -2.78. The van der Waals surface area contributed by atoms with Crippen molar-refractivity contribution in [1.82, 2.24) is 15.5 Å². The van der Waals surface area contributed by atoms with Crippen LogP contribution in [-0.2, 0) is 23.9 Å². The average molecular weight is 496 g/mol. The number of benzene rings is 1. The smallest absolute Gasteiger partial charge is 0.408 e. The summed E-state index contributed by atoms with van der Waals surface area (Å²) >= 11 is 0. The number of aromatic hydroxyl groups is 1. The van der Waals surface area contributed by atoms with Crippen LogP contribution in [0.4, 0.5) is 4.79 Å². The molecule has 0 aliphatic rings. The zero-order chi connectivity index (χ0) is 26.8. The zero-order valence-electron chi connectivity index (χ0n) is 21.2. The van der Waals surface area contributed by atoms with Crippen molar-refractivity contribution in [3.05, 3.63) is 29.8 Å². The molecule has 1 aromatic rings. The quantitative estimate of drug-likeness (QED) is 0.337. The molecule has 0 bridgehead atoms. The topological polar surface area (TPSA) is 154 Å². The summed E-state index contributed by atoms with van der Waals surface area (Å²) < 4.78 is 9.85. The van der Waals surface area contributed by atoms with Gasteiger partial charge in [-0.1, -0.05) is 38.5 Å². The van der Waals surface area contributed by atoms with Gasteiger partial charge in [0.2, 0.25) is 11.8 Å². The largest absolute Gasteiger partial charge is 0.508 e. The molecule has 11 nitrogen and oxygen atoms in total. The molecule has 0 heterocycles. The number of hydrogen-bond donors (Lipinski definition) is 4. The molecule has 3 atom stereocenters. The Morgan fingerprint density at radius 1 is 1.14 bits per heavy atom. The van der Waals surface area contributed by atoms with E-state index in [1.807, 2.05) is 6.92 Å². The van der Waals surface area contributed by atoms with Gasteiger partial charge in [-0.3, -0.25) is 14.4 Å². The van der Waals surface area contributed by atoms with Crippen LogP contribution in [0.2, 0.25) is 0 Å². The minimum atomic E-state index is -1.41. The van der Waals surface area contributed by atoms with Crippen molar-refractivity contribution in [2.75, 3.05) is 26.8 Å². The highest BCUT2D eigenvalue weighted by atomic mass is 16.6. The van der Waals surface area contributed by atoms with E-state index in [9.17, 15) is 29.4 Å². The van der Waals surface area contributed by atoms with Gasteiger partial charge in [-0.2, -0.15) is 0 Å². The second kappa shape index (κ2) is 13.5. The SMILES string of the molecule is CCC(C)C(NC(=O)OC(C)(C)C)C(=O)N(CCO)C(C(=O)NCC(=O)OC)c1ccccc1O. The number of hydrogen-bond acceptors (Lipinski definition) is 8. The fourth-order valence-corrected chi connectivity index (χ4v) is 3.27. The summed E-state index contributed by atoms with van der Waals surface area (Å²) in [6.45, 7) is 7.39. The lowest BCUT2D eigenvalue weighted by molar-refractivity contribution is -0.145. The number of aliphatic hydroxyl groups is 1. The summed E-state index contributed by atoms with van der Waals surface area (Å²) in [6.07, 6.45) is -0.302. The van der Waals surface area contributed by atoms with Gasteiger partial charge < -0.3 is 35.2 Å². The Kier molecular flexibility index (Phi) is 11.5. The molecule has 0 aromatic heterocycles. The molecule has 0 aliphatic heterocycles. The summed E-state index contributed by atoms with van der Waals surface area (Å²) in [6, 6.07) is 3.42. The van der Waals surface area contributed by atoms with Gasteiger partial charge in [-0.05, 0) is 32.8 Å². The zero-order valence-corrected chi connectivity index (χ0v) is 21.2. The number of carbonyl (C=O) groups excluding carboxylic acids is 4. The van der Waals surface area contributed by atoms with Crippen LogP contribution in [0.1, 0.15) is 52.6 Å². The number of phenolic OH excluding ortho intramolecular Hbond substituents is 1.